The lowest BCUT2D eigenvalue weighted by Gasteiger charge is -2.04. The van der Waals surface area contributed by atoms with Crippen molar-refractivity contribution in [2.24, 2.45) is 11.5 Å². The first kappa shape index (κ1) is 6.66. The molecule has 2 heteroatoms. The van der Waals surface area contributed by atoms with Gasteiger partial charge < -0.3 is 11.5 Å². The maximum Gasteiger partial charge on any atom is 0.0373 e. The topological polar surface area (TPSA) is 52.0 Å². The van der Waals surface area contributed by atoms with Crippen molar-refractivity contribution in [1.29, 1.82) is 0 Å². The van der Waals surface area contributed by atoms with Crippen molar-refractivity contribution in [3.05, 3.63) is 12.2 Å². The smallest absolute Gasteiger partial charge is 0.0373 e. The van der Waals surface area contributed by atoms with Gasteiger partial charge in [-0.25, -0.2) is 0 Å². The number of hydrogen-bond acceptors (Lipinski definition) is 2. The lowest BCUT2D eigenvalue weighted by molar-refractivity contribution is 0.780. The van der Waals surface area contributed by atoms with Gasteiger partial charge in [0.1, 0.15) is 0 Å². The van der Waals surface area contributed by atoms with Crippen LogP contribution >= 0.6 is 0 Å². The van der Waals surface area contributed by atoms with Crippen LogP contribution in [-0.2, 0) is 0 Å². The van der Waals surface area contributed by atoms with Crippen molar-refractivity contribution in [2.75, 3.05) is 6.54 Å². The number of rotatable bonds is 2. The van der Waals surface area contributed by atoms with Gasteiger partial charge in [0.05, 0.1) is 0 Å². The number of hydrogen-bond donors (Lipinski definition) is 2. The molecule has 0 saturated carbocycles. The third-order valence-electron chi connectivity index (χ3n) is 0.887. The Hall–Kier alpha value is -0.340. The fraction of sp³-hybridized carbons (Fsp3) is 0.600. The van der Waals surface area contributed by atoms with Gasteiger partial charge >= 0.3 is 0 Å². The van der Waals surface area contributed by atoms with Crippen molar-refractivity contribution >= 4 is 0 Å². The van der Waals surface area contributed by atoms with Gasteiger partial charge in [0.25, 0.3) is 0 Å². The van der Waals surface area contributed by atoms with E-state index >= 15 is 0 Å². The third-order valence-corrected chi connectivity index (χ3v) is 0.887. The summed E-state index contributed by atoms with van der Waals surface area (Å²) >= 11 is 0. The molecule has 0 spiro atoms. The summed E-state index contributed by atoms with van der Waals surface area (Å²) in [4.78, 5) is 0. The largest absolute Gasteiger partial charge is 0.329 e. The fourth-order valence-corrected chi connectivity index (χ4v) is 0.201. The molecular formula is C5H12N2. The molecule has 0 amide bonds. The van der Waals surface area contributed by atoms with E-state index in [4.69, 9.17) is 11.5 Å². The molecule has 0 aromatic heterocycles. The molecule has 0 aromatic rings. The zero-order chi connectivity index (χ0) is 5.86. The Labute approximate surface area is 44.2 Å². The monoisotopic (exact) mass is 100 g/mol. The predicted octanol–water partition coefficient (Wildman–Crippen LogP) is -0.151. The molecule has 0 bridgehead atoms. The maximum absolute atomic E-state index is 5.39. The molecule has 0 aliphatic heterocycles. The van der Waals surface area contributed by atoms with Crippen LogP contribution in [0.4, 0.5) is 0 Å². The molecule has 0 aromatic carbocycles. The standard InChI is InChI=1S/C5H12N2/c1-4(2)5(7)3-6/h5H,1,3,6-7H2,2H3. The Balaban J connectivity index is 3.34. The van der Waals surface area contributed by atoms with Crippen molar-refractivity contribution in [3.63, 3.8) is 0 Å². The van der Waals surface area contributed by atoms with E-state index in [9.17, 15) is 0 Å². The normalized spacial score (nSPS) is 13.6. The van der Waals surface area contributed by atoms with Crippen molar-refractivity contribution in [2.45, 2.75) is 13.0 Å². The average molecular weight is 100 g/mol. The van der Waals surface area contributed by atoms with Crippen LogP contribution in [0.15, 0.2) is 12.2 Å². The van der Waals surface area contributed by atoms with E-state index in [1.165, 1.54) is 0 Å². The van der Waals surface area contributed by atoms with Crippen LogP contribution in [-0.4, -0.2) is 12.6 Å². The highest BCUT2D eigenvalue weighted by Gasteiger charge is 1.95. The van der Waals surface area contributed by atoms with Gasteiger partial charge in [-0.3, -0.25) is 0 Å². The molecular weight excluding hydrogens is 88.1 g/mol. The number of nitrogens with two attached hydrogens (primary N) is 2. The minimum atomic E-state index is -0.0139. The molecule has 0 heterocycles. The van der Waals surface area contributed by atoms with Gasteiger partial charge in [0.2, 0.25) is 0 Å². The SMILES string of the molecule is C=C(C)C(N)CN. The molecule has 1 atom stereocenters. The van der Waals surface area contributed by atoms with Gasteiger partial charge in [-0.15, -0.1) is 0 Å². The van der Waals surface area contributed by atoms with E-state index in [1.807, 2.05) is 6.92 Å². The fourth-order valence-electron chi connectivity index (χ4n) is 0.201. The van der Waals surface area contributed by atoms with Crippen LogP contribution in [0.5, 0.6) is 0 Å². The van der Waals surface area contributed by atoms with Gasteiger partial charge in [-0.1, -0.05) is 12.2 Å². The van der Waals surface area contributed by atoms with Crippen molar-refractivity contribution < 1.29 is 0 Å². The zero-order valence-corrected chi connectivity index (χ0v) is 4.65. The van der Waals surface area contributed by atoms with Crippen LogP contribution in [0.2, 0.25) is 0 Å². The highest BCUT2D eigenvalue weighted by Crippen LogP contribution is 1.88. The lowest BCUT2D eigenvalue weighted by atomic mass is 10.2. The highest BCUT2D eigenvalue weighted by molar-refractivity contribution is 4.99. The second-order valence-corrected chi connectivity index (χ2v) is 1.69. The van der Waals surface area contributed by atoms with Gasteiger partial charge in [0.15, 0.2) is 0 Å². The molecule has 2 nitrogen and oxygen atoms in total. The Morgan fingerprint density at radius 1 is 1.86 bits per heavy atom. The Bertz CT molecular complexity index is 68.5. The second kappa shape index (κ2) is 2.77. The van der Waals surface area contributed by atoms with Gasteiger partial charge in [0, 0.05) is 12.6 Å². The minimum Gasteiger partial charge on any atom is -0.329 e. The quantitative estimate of drug-likeness (QED) is 0.474. The molecule has 7 heavy (non-hydrogen) atoms. The van der Waals surface area contributed by atoms with E-state index in [0.29, 0.717) is 6.54 Å². The molecule has 0 rings (SSSR count). The minimum absolute atomic E-state index is 0.0139. The van der Waals surface area contributed by atoms with Crippen LogP contribution < -0.4 is 11.5 Å². The molecule has 1 unspecified atom stereocenters. The van der Waals surface area contributed by atoms with Gasteiger partial charge in [-0.05, 0) is 6.92 Å². The molecule has 0 aliphatic carbocycles. The summed E-state index contributed by atoms with van der Waals surface area (Å²) in [5.41, 5.74) is 11.5. The first-order valence-corrected chi connectivity index (χ1v) is 2.29. The molecule has 0 fully saturated rings. The van der Waals surface area contributed by atoms with Crippen LogP contribution in [0, 0.1) is 0 Å². The van der Waals surface area contributed by atoms with Crippen molar-refractivity contribution in [1.82, 2.24) is 0 Å². The molecule has 0 aliphatic rings. The maximum atomic E-state index is 5.39. The highest BCUT2D eigenvalue weighted by atomic mass is 14.7. The molecule has 42 valence electrons. The van der Waals surface area contributed by atoms with E-state index in [0.717, 1.165) is 5.57 Å². The van der Waals surface area contributed by atoms with Crippen LogP contribution in [0.25, 0.3) is 0 Å². The Morgan fingerprint density at radius 3 is 2.29 bits per heavy atom. The third kappa shape index (κ3) is 2.37. The van der Waals surface area contributed by atoms with Crippen molar-refractivity contribution in [3.8, 4) is 0 Å². The first-order chi connectivity index (χ1) is 3.18. The lowest BCUT2D eigenvalue weighted by Crippen LogP contribution is -2.30. The van der Waals surface area contributed by atoms with E-state index in [-0.39, 0.29) is 6.04 Å². The first-order valence-electron chi connectivity index (χ1n) is 2.29. The molecule has 0 radical (unpaired) electrons. The summed E-state index contributed by atoms with van der Waals surface area (Å²) in [7, 11) is 0. The van der Waals surface area contributed by atoms with E-state index < -0.39 is 0 Å². The van der Waals surface area contributed by atoms with Crippen LogP contribution in [0.3, 0.4) is 0 Å². The summed E-state index contributed by atoms with van der Waals surface area (Å²) < 4.78 is 0. The average Bonchev–Trinajstić information content (AvgIpc) is 1.65. The van der Waals surface area contributed by atoms with Gasteiger partial charge in [-0.2, -0.15) is 0 Å². The summed E-state index contributed by atoms with van der Waals surface area (Å²) in [5, 5.41) is 0. The Morgan fingerprint density at radius 2 is 2.29 bits per heavy atom. The van der Waals surface area contributed by atoms with Crippen LogP contribution in [0.1, 0.15) is 6.92 Å². The Kier molecular flexibility index (Phi) is 2.64. The predicted molar refractivity (Wildman–Crippen MR) is 31.8 cm³/mol. The van der Waals surface area contributed by atoms with E-state index in [1.54, 1.807) is 0 Å². The summed E-state index contributed by atoms with van der Waals surface area (Å²) in [6.45, 7) is 5.99. The zero-order valence-electron chi connectivity index (χ0n) is 4.65. The van der Waals surface area contributed by atoms with E-state index in [2.05, 4.69) is 6.58 Å². The molecule has 4 N–H and O–H groups in total. The summed E-state index contributed by atoms with van der Waals surface area (Å²) in [6, 6.07) is -0.0139. The molecule has 0 saturated heterocycles. The summed E-state index contributed by atoms with van der Waals surface area (Å²) in [5.74, 6) is 0. The summed E-state index contributed by atoms with van der Waals surface area (Å²) in [6.07, 6.45) is 0. The second-order valence-electron chi connectivity index (χ2n) is 1.69.